The van der Waals surface area contributed by atoms with E-state index in [1.54, 1.807) is 7.05 Å². The van der Waals surface area contributed by atoms with E-state index in [0.29, 0.717) is 0 Å². The number of rotatable bonds is 9. The highest BCUT2D eigenvalue weighted by Crippen LogP contribution is 2.47. The van der Waals surface area contributed by atoms with Gasteiger partial charge in [0.25, 0.3) is 11.1 Å². The molecule has 4 aromatic rings. The number of imidazole rings is 2. The van der Waals surface area contributed by atoms with Crippen LogP contribution in [0.15, 0.2) is 31.8 Å². The first kappa shape index (κ1) is 37.6. The molecule has 6 rings (SSSR count). The zero-order valence-corrected chi connectivity index (χ0v) is 28.8. The molecule has 0 radical (unpaired) electrons. The molecule has 20 heteroatoms. The summed E-state index contributed by atoms with van der Waals surface area (Å²) in [4.78, 5) is 60.7. The molecule has 0 aliphatic heterocycles. The van der Waals surface area contributed by atoms with Crippen LogP contribution >= 0.6 is 0 Å². The number of aromatic nitrogens is 8. The summed E-state index contributed by atoms with van der Waals surface area (Å²) in [7, 11) is 4.46. The van der Waals surface area contributed by atoms with Crippen LogP contribution in [-0.2, 0) is 45.7 Å². The maximum atomic E-state index is 14.6. The van der Waals surface area contributed by atoms with Crippen LogP contribution in [0.1, 0.15) is 64.2 Å². The lowest BCUT2D eigenvalue weighted by molar-refractivity contribution is -0.299. The van der Waals surface area contributed by atoms with Crippen LogP contribution < -0.4 is 22.5 Å². The molecule has 0 atom stereocenters. The van der Waals surface area contributed by atoms with Gasteiger partial charge in [-0.25, -0.2) is 19.6 Å². The molecule has 2 aliphatic carbocycles. The summed E-state index contributed by atoms with van der Waals surface area (Å²) >= 11 is 0. The van der Waals surface area contributed by atoms with E-state index in [-0.39, 0.29) is 85.8 Å². The Morgan fingerprint density at radius 3 is 1.69 bits per heavy atom. The minimum atomic E-state index is -4.78. The number of halogens is 6. The van der Waals surface area contributed by atoms with E-state index >= 15 is 0 Å². The van der Waals surface area contributed by atoms with Gasteiger partial charge in [0.05, 0.1) is 12.7 Å². The molecule has 0 spiro atoms. The fraction of sp³-hybridized carbons (Fsp3) is 0.688. The molecule has 2 aliphatic rings. The summed E-state index contributed by atoms with van der Waals surface area (Å²) in [5.41, 5.74) is -7.76. The molecule has 1 N–H and O–H groups in total. The molecular formula is C32H40F6N8O6. The van der Waals surface area contributed by atoms with Gasteiger partial charge in [-0.05, 0) is 76.0 Å². The van der Waals surface area contributed by atoms with Gasteiger partial charge in [-0.3, -0.25) is 27.9 Å². The summed E-state index contributed by atoms with van der Waals surface area (Å²) < 4.78 is 96.1. The van der Waals surface area contributed by atoms with Crippen molar-refractivity contribution in [2.75, 3.05) is 0 Å². The van der Waals surface area contributed by atoms with Gasteiger partial charge in [0.2, 0.25) is 0 Å². The maximum absolute atomic E-state index is 14.6. The van der Waals surface area contributed by atoms with Gasteiger partial charge >= 0.3 is 23.7 Å². The predicted octanol–water partition coefficient (Wildman–Crippen LogP) is 3.07. The van der Waals surface area contributed by atoms with E-state index in [9.17, 15) is 50.6 Å². The average Bonchev–Trinajstić information content (AvgIpc) is 3.70. The molecule has 0 unspecified atom stereocenters. The van der Waals surface area contributed by atoms with Crippen molar-refractivity contribution >= 4 is 22.3 Å². The second kappa shape index (κ2) is 13.3. The lowest BCUT2D eigenvalue weighted by Gasteiger charge is -2.41. The van der Waals surface area contributed by atoms with E-state index in [2.05, 4.69) is 9.97 Å². The number of hydrogen-bond donors (Lipinski definition) is 1. The Hall–Kier alpha value is -4.20. The maximum Gasteiger partial charge on any atom is 0.417 e. The highest BCUT2D eigenvalue weighted by molar-refractivity contribution is 5.70. The fourth-order valence-electron chi connectivity index (χ4n) is 7.70. The molecule has 0 bridgehead atoms. The van der Waals surface area contributed by atoms with Crippen molar-refractivity contribution in [1.29, 1.82) is 0 Å². The Balaban J connectivity index is 1.14. The van der Waals surface area contributed by atoms with Crippen molar-refractivity contribution in [3.8, 4) is 0 Å². The van der Waals surface area contributed by atoms with Crippen molar-refractivity contribution < 1.29 is 36.2 Å². The molecule has 286 valence electrons. The Bertz CT molecular complexity index is 2210. The SMILES string of the molecule is Cn1cnc2c1c(=O)n(CCC1CCC(OCn3cnc4c3c(=O)n(CCC3CCC(O)(C(F)(F)F)CC3)c(=O)n4C)(C(F)(F)F)CC1)c(=O)n2C. The summed E-state index contributed by atoms with van der Waals surface area (Å²) in [6, 6.07) is 0. The molecule has 14 nitrogen and oxygen atoms in total. The predicted molar refractivity (Wildman–Crippen MR) is 173 cm³/mol. The number of aliphatic hydroxyl groups is 1. The second-order valence-corrected chi connectivity index (χ2v) is 14.3. The number of ether oxygens (including phenoxy) is 1. The van der Waals surface area contributed by atoms with Crippen molar-refractivity contribution in [3.05, 3.63) is 54.3 Å². The van der Waals surface area contributed by atoms with Crippen LogP contribution in [0.25, 0.3) is 22.3 Å². The van der Waals surface area contributed by atoms with Crippen LogP contribution in [-0.4, -0.2) is 66.0 Å². The van der Waals surface area contributed by atoms with E-state index in [4.69, 9.17) is 4.74 Å². The van der Waals surface area contributed by atoms with Crippen molar-refractivity contribution in [1.82, 2.24) is 37.4 Å². The summed E-state index contributed by atoms with van der Waals surface area (Å²) in [5, 5.41) is 9.96. The van der Waals surface area contributed by atoms with Crippen LogP contribution in [0.5, 0.6) is 0 Å². The Morgan fingerprint density at radius 2 is 1.19 bits per heavy atom. The topological polar surface area (TPSA) is 153 Å². The van der Waals surface area contributed by atoms with Crippen molar-refractivity contribution in [2.24, 2.45) is 33.0 Å². The Labute approximate surface area is 290 Å². The van der Waals surface area contributed by atoms with Crippen LogP contribution in [0.2, 0.25) is 0 Å². The van der Waals surface area contributed by atoms with Gasteiger partial charge in [-0.2, -0.15) is 26.3 Å². The first-order valence-electron chi connectivity index (χ1n) is 17.0. The van der Waals surface area contributed by atoms with E-state index in [0.717, 1.165) is 24.6 Å². The lowest BCUT2D eigenvalue weighted by atomic mass is 9.77. The van der Waals surface area contributed by atoms with Crippen LogP contribution in [0, 0.1) is 11.8 Å². The first-order chi connectivity index (χ1) is 24.3. The lowest BCUT2D eigenvalue weighted by Crippen LogP contribution is -2.50. The number of fused-ring (bicyclic) bond motifs is 2. The molecule has 0 saturated heterocycles. The first-order valence-corrected chi connectivity index (χ1v) is 17.0. The van der Waals surface area contributed by atoms with Crippen molar-refractivity contribution in [3.63, 3.8) is 0 Å². The number of nitrogens with zero attached hydrogens (tertiary/aromatic N) is 8. The molecular weight excluding hydrogens is 706 g/mol. The third-order valence-electron chi connectivity index (χ3n) is 11.2. The zero-order valence-electron chi connectivity index (χ0n) is 28.8. The summed E-state index contributed by atoms with van der Waals surface area (Å²) in [6.45, 7) is -0.840. The second-order valence-electron chi connectivity index (χ2n) is 14.3. The number of aryl methyl sites for hydroxylation is 3. The standard InChI is InChI=1S/C32H40F6N8O6/c1-41-16-39-23-21(41)25(47)45(27(49)42(23)2)14-9-20-6-12-30(13-7-20,32(36,37)38)52-18-44-17-40-24-22(44)26(48)46(28(50)43(24)3)15-8-19-4-10-29(51,11-5-19)31(33,34)35/h16-17,19-20,51H,4-15,18H2,1-3H3. The van der Waals surface area contributed by atoms with E-state index in [1.165, 1.54) is 29.6 Å². The monoisotopic (exact) mass is 746 g/mol. The summed E-state index contributed by atoms with van der Waals surface area (Å²) in [6.07, 6.45) is -8.09. The molecule has 4 heterocycles. The third kappa shape index (κ3) is 6.40. The highest BCUT2D eigenvalue weighted by Gasteiger charge is 2.57. The smallest absolute Gasteiger partial charge is 0.380 e. The Morgan fingerprint density at radius 1 is 0.731 bits per heavy atom. The van der Waals surface area contributed by atoms with E-state index < -0.39 is 78.5 Å². The average molecular weight is 747 g/mol. The quantitative estimate of drug-likeness (QED) is 0.257. The summed E-state index contributed by atoms with van der Waals surface area (Å²) in [5.74, 6) is -0.527. The van der Waals surface area contributed by atoms with Gasteiger partial charge in [-0.15, -0.1) is 0 Å². The van der Waals surface area contributed by atoms with Gasteiger partial charge in [0.1, 0.15) is 6.73 Å². The van der Waals surface area contributed by atoms with Crippen LogP contribution in [0.3, 0.4) is 0 Å². The van der Waals surface area contributed by atoms with Gasteiger partial charge in [0, 0.05) is 34.2 Å². The van der Waals surface area contributed by atoms with Crippen molar-refractivity contribution in [2.45, 2.75) is 108 Å². The molecule has 2 saturated carbocycles. The number of alkyl halides is 6. The third-order valence-corrected chi connectivity index (χ3v) is 11.2. The normalized spacial score (nSPS) is 24.7. The molecule has 0 amide bonds. The van der Waals surface area contributed by atoms with Crippen LogP contribution in [0.4, 0.5) is 26.3 Å². The van der Waals surface area contributed by atoms with E-state index in [1.807, 2.05) is 0 Å². The molecule has 0 aromatic carbocycles. The molecule has 52 heavy (non-hydrogen) atoms. The highest BCUT2D eigenvalue weighted by atomic mass is 19.4. The fourth-order valence-corrected chi connectivity index (χ4v) is 7.70. The van der Waals surface area contributed by atoms with Gasteiger partial charge in [-0.1, -0.05) is 0 Å². The zero-order chi connectivity index (χ0) is 38.0. The van der Waals surface area contributed by atoms with Gasteiger partial charge < -0.3 is 19.0 Å². The largest absolute Gasteiger partial charge is 0.417 e. The Kier molecular flexibility index (Phi) is 9.63. The minimum absolute atomic E-state index is 0.0136. The van der Waals surface area contributed by atoms with Gasteiger partial charge in [0.15, 0.2) is 33.5 Å². The number of hydrogen-bond acceptors (Lipinski definition) is 8. The molecule has 4 aromatic heterocycles. The molecule has 2 fully saturated rings. The minimum Gasteiger partial charge on any atom is -0.380 e.